The van der Waals surface area contributed by atoms with E-state index in [1.54, 1.807) is 23.4 Å². The molecule has 1 aliphatic heterocycles. The van der Waals surface area contributed by atoms with Crippen LogP contribution < -0.4 is 0 Å². The topological polar surface area (TPSA) is 120 Å². The van der Waals surface area contributed by atoms with E-state index in [-0.39, 0.29) is 18.4 Å². The Bertz CT molecular complexity index is 1450. The molecule has 0 N–H and O–H groups in total. The molecule has 3 heterocycles. The summed E-state index contributed by atoms with van der Waals surface area (Å²) in [5.74, 6) is 0.656. The number of amides is 1. The van der Waals surface area contributed by atoms with Crippen LogP contribution in [0.15, 0.2) is 71.4 Å². The van der Waals surface area contributed by atoms with E-state index in [0.717, 1.165) is 24.7 Å². The Morgan fingerprint density at radius 2 is 1.81 bits per heavy atom. The number of hydrogen-bond acceptors (Lipinski definition) is 8. The Morgan fingerprint density at radius 1 is 1.08 bits per heavy atom. The second-order valence-corrected chi connectivity index (χ2v) is 10.2. The van der Waals surface area contributed by atoms with Gasteiger partial charge in [-0.3, -0.25) is 8.98 Å². The van der Waals surface area contributed by atoms with Crippen molar-refractivity contribution in [3.05, 3.63) is 84.1 Å². The first-order valence-corrected chi connectivity index (χ1v) is 13.3. The molecule has 36 heavy (non-hydrogen) atoms. The molecule has 1 fully saturated rings. The highest BCUT2D eigenvalue weighted by Gasteiger charge is 2.31. The normalized spacial score (nSPS) is 16.2. The highest BCUT2D eigenvalue weighted by molar-refractivity contribution is 7.85. The number of carbonyl (C=O) groups excluding carboxylic acids is 1. The van der Waals surface area contributed by atoms with Gasteiger partial charge >= 0.3 is 0 Å². The number of piperidine rings is 1. The fourth-order valence-corrected chi connectivity index (χ4v) is 4.65. The maximum absolute atomic E-state index is 13.5. The Morgan fingerprint density at radius 3 is 2.56 bits per heavy atom. The van der Waals surface area contributed by atoms with E-state index in [1.807, 2.05) is 48.5 Å². The molecule has 2 aromatic heterocycles. The first kappa shape index (κ1) is 23.9. The van der Waals surface area contributed by atoms with E-state index in [2.05, 4.69) is 15.2 Å². The number of para-hydroxylation sites is 1. The minimum absolute atomic E-state index is 0.122. The zero-order valence-electron chi connectivity index (χ0n) is 19.6. The lowest BCUT2D eigenvalue weighted by molar-refractivity contribution is 0.0698. The van der Waals surface area contributed by atoms with Gasteiger partial charge in [-0.2, -0.15) is 23.4 Å². The third kappa shape index (κ3) is 5.21. The summed E-state index contributed by atoms with van der Waals surface area (Å²) in [4.78, 5) is 21.4. The smallest absolute Gasteiger partial charge is 0.264 e. The number of benzene rings is 2. The van der Waals surface area contributed by atoms with Crippen molar-refractivity contribution in [2.24, 2.45) is 0 Å². The molecule has 5 rings (SSSR count). The van der Waals surface area contributed by atoms with Gasteiger partial charge in [-0.15, -0.1) is 0 Å². The summed E-state index contributed by atoms with van der Waals surface area (Å²) in [6.07, 6.45) is 5.69. The second-order valence-electron chi connectivity index (χ2n) is 8.59. The number of rotatable bonds is 7. The Kier molecular flexibility index (Phi) is 6.66. The van der Waals surface area contributed by atoms with Crippen molar-refractivity contribution in [3.8, 4) is 17.0 Å². The van der Waals surface area contributed by atoms with Crippen LogP contribution in [0, 0.1) is 0 Å². The molecule has 1 saturated heterocycles. The van der Waals surface area contributed by atoms with Gasteiger partial charge in [0.1, 0.15) is 12.3 Å². The molecule has 10 nitrogen and oxygen atoms in total. The second kappa shape index (κ2) is 10.0. The van der Waals surface area contributed by atoms with Crippen LogP contribution in [-0.4, -0.2) is 58.5 Å². The molecule has 0 radical (unpaired) electrons. The van der Waals surface area contributed by atoms with Crippen molar-refractivity contribution in [2.45, 2.75) is 25.4 Å². The highest BCUT2D eigenvalue weighted by Crippen LogP contribution is 2.33. The molecule has 186 valence electrons. The maximum atomic E-state index is 13.5. The lowest BCUT2D eigenvalue weighted by atomic mass is 9.97. The fraction of sp³-hybridized carbons (Fsp3) is 0.280. The third-order valence-corrected chi connectivity index (χ3v) is 6.53. The molecule has 0 bridgehead atoms. The van der Waals surface area contributed by atoms with Gasteiger partial charge in [0.25, 0.3) is 16.0 Å². The lowest BCUT2D eigenvalue weighted by Crippen LogP contribution is -2.39. The van der Waals surface area contributed by atoms with Crippen molar-refractivity contribution in [3.63, 3.8) is 0 Å². The van der Waals surface area contributed by atoms with Crippen molar-refractivity contribution in [1.29, 1.82) is 0 Å². The Balaban J connectivity index is 1.41. The number of oxazole rings is 1. The molecule has 1 aliphatic rings. The van der Waals surface area contributed by atoms with Crippen molar-refractivity contribution >= 4 is 16.0 Å². The molecule has 1 amide bonds. The molecule has 2 aromatic carbocycles. The summed E-state index contributed by atoms with van der Waals surface area (Å²) >= 11 is 0. The molecule has 0 aliphatic carbocycles. The SMILES string of the molecule is CS(=O)(=O)OCc1nc([C@@H]2CCCN(C(=O)c3ccccc3-n3nccn3)C2)oc1-c1ccccc1. The summed E-state index contributed by atoms with van der Waals surface area (Å²) in [7, 11) is -3.66. The summed E-state index contributed by atoms with van der Waals surface area (Å²) in [5.41, 5.74) is 2.29. The zero-order valence-corrected chi connectivity index (χ0v) is 20.5. The Hall–Kier alpha value is -3.83. The molecule has 4 aromatic rings. The highest BCUT2D eigenvalue weighted by atomic mass is 32.2. The van der Waals surface area contributed by atoms with E-state index in [9.17, 15) is 13.2 Å². The molecular formula is C25H25N5O5S. The predicted octanol–water partition coefficient (Wildman–Crippen LogP) is 3.42. The molecule has 0 saturated carbocycles. The molecule has 11 heteroatoms. The number of hydrogen-bond donors (Lipinski definition) is 0. The number of aromatic nitrogens is 4. The van der Waals surface area contributed by atoms with Crippen molar-refractivity contribution < 1.29 is 21.8 Å². The largest absolute Gasteiger partial charge is 0.440 e. The van der Waals surface area contributed by atoms with Gasteiger partial charge in [-0.1, -0.05) is 42.5 Å². The predicted molar refractivity (Wildman–Crippen MR) is 131 cm³/mol. The monoisotopic (exact) mass is 507 g/mol. The number of nitrogens with zero attached hydrogens (tertiary/aromatic N) is 5. The van der Waals surface area contributed by atoms with Crippen LogP contribution in [0.25, 0.3) is 17.0 Å². The van der Waals surface area contributed by atoms with E-state index < -0.39 is 10.1 Å². The number of likely N-dealkylation sites (tertiary alicyclic amines) is 1. The van der Waals surface area contributed by atoms with Crippen LogP contribution in [0.4, 0.5) is 0 Å². The summed E-state index contributed by atoms with van der Waals surface area (Å²) in [6, 6.07) is 16.6. The van der Waals surface area contributed by atoms with Gasteiger partial charge in [-0.05, 0) is 25.0 Å². The average Bonchev–Trinajstić information content (AvgIpc) is 3.58. The average molecular weight is 508 g/mol. The van der Waals surface area contributed by atoms with Gasteiger partial charge in [0.2, 0.25) is 0 Å². The fourth-order valence-electron chi connectivity index (χ4n) is 4.32. The molecule has 0 unspecified atom stereocenters. The standard InChI is InChI=1S/C25H25N5O5S/c1-36(32,33)34-17-21-23(18-8-3-2-4-9-18)35-24(28-21)19-10-7-15-29(16-19)25(31)20-11-5-6-12-22(20)30-26-13-14-27-30/h2-6,8-9,11-14,19H,7,10,15-17H2,1H3/t19-/m1/s1. The Labute approximate surface area is 208 Å². The van der Waals surface area contributed by atoms with Gasteiger partial charge in [-0.25, -0.2) is 4.98 Å². The van der Waals surface area contributed by atoms with Gasteiger partial charge in [0, 0.05) is 18.7 Å². The summed E-state index contributed by atoms with van der Waals surface area (Å²) in [6.45, 7) is 0.791. The van der Waals surface area contributed by atoms with Crippen molar-refractivity contribution in [1.82, 2.24) is 24.9 Å². The van der Waals surface area contributed by atoms with Crippen LogP contribution >= 0.6 is 0 Å². The molecule has 0 spiro atoms. The van der Waals surface area contributed by atoms with Crippen LogP contribution in [-0.2, 0) is 20.9 Å². The van der Waals surface area contributed by atoms with E-state index in [1.165, 1.54) is 4.80 Å². The first-order valence-electron chi connectivity index (χ1n) is 11.5. The van der Waals surface area contributed by atoms with Crippen LogP contribution in [0.1, 0.15) is 40.7 Å². The van der Waals surface area contributed by atoms with Crippen LogP contribution in [0.5, 0.6) is 0 Å². The molecule has 1 atom stereocenters. The minimum Gasteiger partial charge on any atom is -0.440 e. The zero-order chi connectivity index (χ0) is 25.1. The summed E-state index contributed by atoms with van der Waals surface area (Å²) in [5, 5.41) is 8.34. The lowest BCUT2D eigenvalue weighted by Gasteiger charge is -2.31. The quantitative estimate of drug-likeness (QED) is 0.349. The van der Waals surface area contributed by atoms with Gasteiger partial charge in [0.05, 0.1) is 35.8 Å². The molecular weight excluding hydrogens is 482 g/mol. The first-order chi connectivity index (χ1) is 17.4. The maximum Gasteiger partial charge on any atom is 0.264 e. The van der Waals surface area contributed by atoms with Crippen molar-refractivity contribution in [2.75, 3.05) is 19.3 Å². The third-order valence-electron chi connectivity index (χ3n) is 5.99. The van der Waals surface area contributed by atoms with Crippen LogP contribution in [0.2, 0.25) is 0 Å². The summed E-state index contributed by atoms with van der Waals surface area (Å²) < 4.78 is 34.4. The number of carbonyl (C=O) groups is 1. The van der Waals surface area contributed by atoms with E-state index >= 15 is 0 Å². The van der Waals surface area contributed by atoms with Gasteiger partial charge in [0.15, 0.2) is 11.7 Å². The van der Waals surface area contributed by atoms with Crippen LogP contribution in [0.3, 0.4) is 0 Å². The minimum atomic E-state index is -3.66. The van der Waals surface area contributed by atoms with Gasteiger partial charge < -0.3 is 9.32 Å². The van der Waals surface area contributed by atoms with E-state index in [0.29, 0.717) is 41.7 Å². The van der Waals surface area contributed by atoms with E-state index in [4.69, 9.17) is 8.60 Å².